The van der Waals surface area contributed by atoms with Gasteiger partial charge in [0.05, 0.1) is 13.2 Å². The van der Waals surface area contributed by atoms with Crippen molar-refractivity contribution in [2.24, 2.45) is 0 Å². The van der Waals surface area contributed by atoms with Crippen LogP contribution in [0.3, 0.4) is 0 Å². The Balaban J connectivity index is 1.84. The zero-order valence-corrected chi connectivity index (χ0v) is 11.7. The van der Waals surface area contributed by atoms with E-state index in [9.17, 15) is 4.79 Å². The Kier molecular flexibility index (Phi) is 4.80. The summed E-state index contributed by atoms with van der Waals surface area (Å²) in [5.74, 6) is 1.02. The lowest BCUT2D eigenvalue weighted by Crippen LogP contribution is -2.36. The molecular weight excluding hydrogens is 240 g/mol. The van der Waals surface area contributed by atoms with Gasteiger partial charge in [0.1, 0.15) is 5.75 Å². The fourth-order valence-electron chi connectivity index (χ4n) is 2.08. The number of carbonyl (C=O) groups excluding carboxylic acids is 1. The Hall–Kier alpha value is -1.55. The van der Waals surface area contributed by atoms with Gasteiger partial charge in [-0.2, -0.15) is 0 Å². The summed E-state index contributed by atoms with van der Waals surface area (Å²) in [5, 5.41) is 6.02. The predicted molar refractivity (Wildman–Crippen MR) is 75.2 cm³/mol. The van der Waals surface area contributed by atoms with E-state index in [0.717, 1.165) is 30.8 Å². The summed E-state index contributed by atoms with van der Waals surface area (Å²) in [5.41, 5.74) is 2.38. The summed E-state index contributed by atoms with van der Waals surface area (Å²) < 4.78 is 5.57. The number of carbonyl (C=O) groups is 1. The minimum absolute atomic E-state index is 0.0303. The molecule has 0 bridgehead atoms. The highest BCUT2D eigenvalue weighted by Gasteiger charge is 2.10. The van der Waals surface area contributed by atoms with Gasteiger partial charge in [-0.1, -0.05) is 26.0 Å². The van der Waals surface area contributed by atoms with Crippen molar-refractivity contribution in [3.8, 4) is 5.75 Å². The molecule has 4 nitrogen and oxygen atoms in total. The SMILES string of the molecule is CC(C)NCC(=O)NCc1ccc2c(c1)CCCO2. The van der Waals surface area contributed by atoms with E-state index in [4.69, 9.17) is 4.74 Å². The number of fused-ring (bicyclic) bond motifs is 1. The van der Waals surface area contributed by atoms with Gasteiger partial charge in [0.25, 0.3) is 0 Å². The van der Waals surface area contributed by atoms with E-state index in [0.29, 0.717) is 19.1 Å². The van der Waals surface area contributed by atoms with Crippen LogP contribution in [0.5, 0.6) is 5.75 Å². The van der Waals surface area contributed by atoms with E-state index < -0.39 is 0 Å². The van der Waals surface area contributed by atoms with Crippen LogP contribution in [-0.2, 0) is 17.8 Å². The third kappa shape index (κ3) is 4.24. The minimum Gasteiger partial charge on any atom is -0.493 e. The summed E-state index contributed by atoms with van der Waals surface area (Å²) in [6.07, 6.45) is 2.13. The highest BCUT2D eigenvalue weighted by molar-refractivity contribution is 5.78. The molecule has 104 valence electrons. The fourth-order valence-corrected chi connectivity index (χ4v) is 2.08. The zero-order chi connectivity index (χ0) is 13.7. The number of hydrogen-bond acceptors (Lipinski definition) is 3. The molecule has 0 saturated heterocycles. The molecule has 2 rings (SSSR count). The smallest absolute Gasteiger partial charge is 0.234 e. The molecule has 0 spiro atoms. The van der Waals surface area contributed by atoms with Crippen LogP contribution >= 0.6 is 0 Å². The van der Waals surface area contributed by atoms with Gasteiger partial charge in [-0.25, -0.2) is 0 Å². The quantitative estimate of drug-likeness (QED) is 0.848. The lowest BCUT2D eigenvalue weighted by Gasteiger charge is -2.18. The largest absolute Gasteiger partial charge is 0.493 e. The molecule has 0 fully saturated rings. The van der Waals surface area contributed by atoms with Crippen LogP contribution in [0.15, 0.2) is 18.2 Å². The first kappa shape index (κ1) is 13.9. The van der Waals surface area contributed by atoms with Crippen molar-refractivity contribution in [2.75, 3.05) is 13.2 Å². The van der Waals surface area contributed by atoms with Crippen molar-refractivity contribution >= 4 is 5.91 Å². The van der Waals surface area contributed by atoms with Gasteiger partial charge in [-0.15, -0.1) is 0 Å². The molecular formula is C15H22N2O2. The number of nitrogens with one attached hydrogen (secondary N) is 2. The van der Waals surface area contributed by atoms with Crippen LogP contribution < -0.4 is 15.4 Å². The molecule has 19 heavy (non-hydrogen) atoms. The summed E-state index contributed by atoms with van der Waals surface area (Å²) in [4.78, 5) is 11.6. The van der Waals surface area contributed by atoms with Crippen molar-refractivity contribution in [3.05, 3.63) is 29.3 Å². The molecule has 0 aliphatic carbocycles. The molecule has 1 aliphatic heterocycles. The van der Waals surface area contributed by atoms with E-state index in [1.54, 1.807) is 0 Å². The number of hydrogen-bond donors (Lipinski definition) is 2. The highest BCUT2D eigenvalue weighted by atomic mass is 16.5. The Morgan fingerprint density at radius 1 is 1.42 bits per heavy atom. The molecule has 1 amide bonds. The summed E-state index contributed by atoms with van der Waals surface area (Å²) in [6, 6.07) is 6.47. The molecule has 0 saturated carbocycles. The van der Waals surface area contributed by atoms with E-state index in [2.05, 4.69) is 16.7 Å². The maximum absolute atomic E-state index is 11.6. The van der Waals surface area contributed by atoms with Gasteiger partial charge in [0, 0.05) is 12.6 Å². The van der Waals surface area contributed by atoms with Gasteiger partial charge in [0.2, 0.25) is 5.91 Å². The lowest BCUT2D eigenvalue weighted by molar-refractivity contribution is -0.120. The second kappa shape index (κ2) is 6.57. The number of aryl methyl sites for hydroxylation is 1. The van der Waals surface area contributed by atoms with Gasteiger partial charge in [-0.3, -0.25) is 4.79 Å². The van der Waals surface area contributed by atoms with Gasteiger partial charge in [-0.05, 0) is 30.0 Å². The molecule has 0 radical (unpaired) electrons. The minimum atomic E-state index is 0.0303. The van der Waals surface area contributed by atoms with E-state index >= 15 is 0 Å². The molecule has 1 aromatic carbocycles. The van der Waals surface area contributed by atoms with E-state index in [1.807, 2.05) is 26.0 Å². The van der Waals surface area contributed by atoms with Crippen LogP contribution in [-0.4, -0.2) is 25.1 Å². The lowest BCUT2D eigenvalue weighted by atomic mass is 10.0. The molecule has 0 aromatic heterocycles. The van der Waals surface area contributed by atoms with Crippen molar-refractivity contribution in [1.82, 2.24) is 10.6 Å². The van der Waals surface area contributed by atoms with Crippen molar-refractivity contribution in [3.63, 3.8) is 0 Å². The number of ether oxygens (including phenoxy) is 1. The topological polar surface area (TPSA) is 50.4 Å². The fraction of sp³-hybridized carbons (Fsp3) is 0.533. The van der Waals surface area contributed by atoms with Crippen LogP contribution in [0, 0.1) is 0 Å². The summed E-state index contributed by atoms with van der Waals surface area (Å²) in [6.45, 7) is 5.80. The molecule has 1 heterocycles. The Bertz CT molecular complexity index is 444. The number of benzene rings is 1. The molecule has 0 unspecified atom stereocenters. The Morgan fingerprint density at radius 3 is 3.05 bits per heavy atom. The van der Waals surface area contributed by atoms with E-state index in [1.165, 1.54) is 5.56 Å². The third-order valence-electron chi connectivity index (χ3n) is 3.13. The van der Waals surface area contributed by atoms with Crippen molar-refractivity contribution in [2.45, 2.75) is 39.3 Å². The second-order valence-electron chi connectivity index (χ2n) is 5.21. The monoisotopic (exact) mass is 262 g/mol. The van der Waals surface area contributed by atoms with Crippen molar-refractivity contribution in [1.29, 1.82) is 0 Å². The first-order chi connectivity index (χ1) is 9.15. The number of rotatable bonds is 5. The highest BCUT2D eigenvalue weighted by Crippen LogP contribution is 2.25. The Labute approximate surface area is 114 Å². The van der Waals surface area contributed by atoms with Crippen LogP contribution in [0.25, 0.3) is 0 Å². The Morgan fingerprint density at radius 2 is 2.26 bits per heavy atom. The molecule has 0 atom stereocenters. The summed E-state index contributed by atoms with van der Waals surface area (Å²) >= 11 is 0. The maximum Gasteiger partial charge on any atom is 0.234 e. The van der Waals surface area contributed by atoms with Gasteiger partial charge in [0.15, 0.2) is 0 Å². The van der Waals surface area contributed by atoms with Gasteiger partial charge < -0.3 is 15.4 Å². The number of amides is 1. The van der Waals surface area contributed by atoms with E-state index in [-0.39, 0.29) is 5.91 Å². The third-order valence-corrected chi connectivity index (χ3v) is 3.13. The zero-order valence-electron chi connectivity index (χ0n) is 11.7. The average molecular weight is 262 g/mol. The average Bonchev–Trinajstić information content (AvgIpc) is 2.42. The molecule has 1 aliphatic rings. The molecule has 1 aromatic rings. The van der Waals surface area contributed by atoms with Gasteiger partial charge >= 0.3 is 0 Å². The molecule has 4 heteroatoms. The normalized spacial score (nSPS) is 13.8. The first-order valence-corrected chi connectivity index (χ1v) is 6.90. The van der Waals surface area contributed by atoms with Crippen LogP contribution in [0.2, 0.25) is 0 Å². The maximum atomic E-state index is 11.6. The van der Waals surface area contributed by atoms with Crippen LogP contribution in [0.1, 0.15) is 31.4 Å². The van der Waals surface area contributed by atoms with Crippen molar-refractivity contribution < 1.29 is 9.53 Å². The predicted octanol–water partition coefficient (Wildman–Crippen LogP) is 1.63. The summed E-state index contributed by atoms with van der Waals surface area (Å²) in [7, 11) is 0. The standard InChI is InChI=1S/C15H22N2O2/c1-11(2)16-10-15(18)17-9-12-5-6-14-13(8-12)4-3-7-19-14/h5-6,8,11,16H,3-4,7,9-10H2,1-2H3,(H,17,18). The second-order valence-corrected chi connectivity index (χ2v) is 5.21. The van der Waals surface area contributed by atoms with Crippen LogP contribution in [0.4, 0.5) is 0 Å². The molecule has 2 N–H and O–H groups in total. The first-order valence-electron chi connectivity index (χ1n) is 6.90.